The largest absolute Gasteiger partial charge is 0.368 e. The van der Waals surface area contributed by atoms with Crippen LogP contribution < -0.4 is 5.73 Å². The summed E-state index contributed by atoms with van der Waals surface area (Å²) in [7, 11) is 0. The van der Waals surface area contributed by atoms with E-state index in [4.69, 9.17) is 5.73 Å². The molecule has 20 heavy (non-hydrogen) atoms. The van der Waals surface area contributed by atoms with Crippen LogP contribution in [0, 0.1) is 11.8 Å². The Balaban J connectivity index is 1.59. The highest BCUT2D eigenvalue weighted by molar-refractivity contribution is 5.92. The lowest BCUT2D eigenvalue weighted by Gasteiger charge is -2.39. The smallest absolute Gasteiger partial charge is 0.248 e. The van der Waals surface area contributed by atoms with Crippen LogP contribution in [0.1, 0.15) is 44.9 Å². The van der Waals surface area contributed by atoms with Crippen LogP contribution in [-0.2, 0) is 9.59 Å². The number of nitrogens with two attached hydrogens (primary N) is 1. The molecule has 0 atom stereocenters. The fourth-order valence-corrected chi connectivity index (χ4v) is 4.01. The summed E-state index contributed by atoms with van der Waals surface area (Å²) in [6, 6.07) is 0. The third-order valence-electron chi connectivity index (χ3n) is 5.27. The van der Waals surface area contributed by atoms with Gasteiger partial charge in [-0.05, 0) is 37.5 Å². The molecule has 4 aliphatic rings. The molecular formula is C14H20F2N2O2. The summed E-state index contributed by atoms with van der Waals surface area (Å²) in [5, 5.41) is 0. The van der Waals surface area contributed by atoms with Crippen LogP contribution in [0.3, 0.4) is 0 Å². The normalized spacial score (nSPS) is 35.7. The van der Waals surface area contributed by atoms with Crippen molar-refractivity contribution in [3.05, 3.63) is 0 Å². The van der Waals surface area contributed by atoms with E-state index in [2.05, 4.69) is 0 Å². The molecule has 4 rings (SSSR count). The molecule has 112 valence electrons. The molecule has 2 aliphatic heterocycles. The maximum absolute atomic E-state index is 13.1. The highest BCUT2D eigenvalue weighted by Crippen LogP contribution is 2.51. The Morgan fingerprint density at radius 2 is 1.80 bits per heavy atom. The van der Waals surface area contributed by atoms with Gasteiger partial charge in [0.2, 0.25) is 17.7 Å². The predicted octanol–water partition coefficient (Wildman–Crippen LogP) is 1.68. The molecule has 2 N–H and O–H groups in total. The summed E-state index contributed by atoms with van der Waals surface area (Å²) in [5.74, 6) is -2.66. The van der Waals surface area contributed by atoms with Crippen LogP contribution >= 0.6 is 0 Å². The predicted molar refractivity (Wildman–Crippen MR) is 67.9 cm³/mol. The van der Waals surface area contributed by atoms with Crippen molar-refractivity contribution in [2.45, 2.75) is 56.4 Å². The highest BCUT2D eigenvalue weighted by Gasteiger charge is 2.61. The summed E-state index contributed by atoms with van der Waals surface area (Å²) in [6.07, 6.45) is 2.15. The van der Waals surface area contributed by atoms with Gasteiger partial charge in [0.15, 0.2) is 0 Å². The van der Waals surface area contributed by atoms with E-state index in [9.17, 15) is 18.4 Å². The minimum atomic E-state index is -2.57. The maximum atomic E-state index is 13.1. The minimum Gasteiger partial charge on any atom is -0.368 e. The van der Waals surface area contributed by atoms with Crippen molar-refractivity contribution in [2.75, 3.05) is 6.54 Å². The number of alkyl halides is 2. The molecule has 0 radical (unpaired) electrons. The number of hydrogen-bond donors (Lipinski definition) is 1. The van der Waals surface area contributed by atoms with Crippen LogP contribution in [0.5, 0.6) is 0 Å². The lowest BCUT2D eigenvalue weighted by Crippen LogP contribution is -2.57. The lowest BCUT2D eigenvalue weighted by molar-refractivity contribution is -0.145. The first-order chi connectivity index (χ1) is 9.32. The van der Waals surface area contributed by atoms with Crippen molar-refractivity contribution in [3.63, 3.8) is 0 Å². The van der Waals surface area contributed by atoms with E-state index < -0.39 is 17.4 Å². The molecule has 2 amide bonds. The van der Waals surface area contributed by atoms with Crippen molar-refractivity contribution < 1.29 is 18.4 Å². The Morgan fingerprint density at radius 1 is 1.20 bits per heavy atom. The molecule has 0 aromatic carbocycles. The first-order valence-corrected chi connectivity index (χ1v) is 7.31. The van der Waals surface area contributed by atoms with E-state index in [0.717, 1.165) is 0 Å². The van der Waals surface area contributed by atoms with Crippen LogP contribution in [0.15, 0.2) is 0 Å². The van der Waals surface area contributed by atoms with Crippen molar-refractivity contribution >= 4 is 11.8 Å². The highest BCUT2D eigenvalue weighted by atomic mass is 19.3. The van der Waals surface area contributed by atoms with Gasteiger partial charge in [-0.15, -0.1) is 0 Å². The van der Waals surface area contributed by atoms with Crippen LogP contribution in [0.4, 0.5) is 8.78 Å². The van der Waals surface area contributed by atoms with Gasteiger partial charge in [0.25, 0.3) is 0 Å². The monoisotopic (exact) mass is 286 g/mol. The average Bonchev–Trinajstić information content (AvgIpc) is 2.87. The zero-order chi connectivity index (χ0) is 14.5. The average molecular weight is 286 g/mol. The van der Waals surface area contributed by atoms with E-state index in [1.807, 2.05) is 0 Å². The molecule has 2 heterocycles. The second-order valence-corrected chi connectivity index (χ2v) is 6.68. The molecule has 0 spiro atoms. The SMILES string of the molecule is NC(=O)C12CC(CN1C(=O)CC1CCC(F)(F)CC1)C2. The van der Waals surface area contributed by atoms with Gasteiger partial charge in [0.05, 0.1) is 0 Å². The van der Waals surface area contributed by atoms with Crippen molar-refractivity contribution in [1.82, 2.24) is 4.90 Å². The summed E-state index contributed by atoms with van der Waals surface area (Å²) in [6.45, 7) is 0.602. The van der Waals surface area contributed by atoms with E-state index in [1.165, 1.54) is 0 Å². The Hall–Kier alpha value is -1.20. The first kappa shape index (κ1) is 13.8. The number of fused-ring (bicyclic) bond motifs is 1. The van der Waals surface area contributed by atoms with Crippen LogP contribution in [0.25, 0.3) is 0 Å². The number of amides is 2. The number of primary amides is 1. The van der Waals surface area contributed by atoms with Crippen molar-refractivity contribution in [2.24, 2.45) is 17.6 Å². The lowest BCUT2D eigenvalue weighted by atomic mass is 9.72. The summed E-state index contributed by atoms with van der Waals surface area (Å²) in [4.78, 5) is 25.6. The molecular weight excluding hydrogens is 266 g/mol. The van der Waals surface area contributed by atoms with Gasteiger partial charge in [-0.1, -0.05) is 0 Å². The fourth-order valence-electron chi connectivity index (χ4n) is 4.01. The summed E-state index contributed by atoms with van der Waals surface area (Å²) in [5.41, 5.74) is 4.67. The van der Waals surface area contributed by atoms with Crippen LogP contribution in [-0.4, -0.2) is 34.7 Å². The zero-order valence-corrected chi connectivity index (χ0v) is 11.4. The number of rotatable bonds is 3. The van der Waals surface area contributed by atoms with Gasteiger partial charge in [-0.2, -0.15) is 0 Å². The first-order valence-electron chi connectivity index (χ1n) is 7.31. The molecule has 4 fully saturated rings. The Morgan fingerprint density at radius 3 is 2.35 bits per heavy atom. The van der Waals surface area contributed by atoms with Gasteiger partial charge < -0.3 is 10.6 Å². The molecule has 0 aromatic heterocycles. The van der Waals surface area contributed by atoms with Gasteiger partial charge in [0.1, 0.15) is 5.54 Å². The second-order valence-electron chi connectivity index (χ2n) is 6.68. The fraction of sp³-hybridized carbons (Fsp3) is 0.857. The molecule has 0 unspecified atom stereocenters. The van der Waals surface area contributed by atoms with E-state index in [0.29, 0.717) is 38.1 Å². The van der Waals surface area contributed by atoms with Crippen molar-refractivity contribution in [1.29, 1.82) is 0 Å². The topological polar surface area (TPSA) is 63.4 Å². The maximum Gasteiger partial charge on any atom is 0.248 e. The summed E-state index contributed by atoms with van der Waals surface area (Å²) >= 11 is 0. The number of nitrogens with zero attached hydrogens (tertiary/aromatic N) is 1. The van der Waals surface area contributed by atoms with Crippen LogP contribution in [0.2, 0.25) is 0 Å². The third-order valence-corrected chi connectivity index (χ3v) is 5.27. The summed E-state index contributed by atoms with van der Waals surface area (Å²) < 4.78 is 26.2. The Labute approximate surface area is 116 Å². The second kappa shape index (κ2) is 4.40. The molecule has 2 aliphatic carbocycles. The molecule has 6 heteroatoms. The van der Waals surface area contributed by atoms with Gasteiger partial charge in [-0.3, -0.25) is 9.59 Å². The molecule has 0 aromatic rings. The van der Waals surface area contributed by atoms with E-state index in [-0.39, 0.29) is 31.1 Å². The quantitative estimate of drug-likeness (QED) is 0.858. The van der Waals surface area contributed by atoms with Gasteiger partial charge in [0, 0.05) is 25.8 Å². The van der Waals surface area contributed by atoms with Gasteiger partial charge >= 0.3 is 0 Å². The molecule has 2 saturated carbocycles. The van der Waals surface area contributed by atoms with Gasteiger partial charge in [-0.25, -0.2) is 8.78 Å². The number of hydrogen-bond acceptors (Lipinski definition) is 2. The zero-order valence-electron chi connectivity index (χ0n) is 11.4. The van der Waals surface area contributed by atoms with E-state index >= 15 is 0 Å². The number of halogens is 2. The number of carbonyl (C=O) groups is 2. The molecule has 2 saturated heterocycles. The minimum absolute atomic E-state index is 0.0184. The Bertz CT molecular complexity index is 436. The van der Waals surface area contributed by atoms with E-state index in [1.54, 1.807) is 4.90 Å². The Kier molecular flexibility index (Phi) is 3.03. The molecule has 4 nitrogen and oxygen atoms in total. The standard InChI is InChI=1S/C14H20F2N2O2/c15-14(16)3-1-9(2-4-14)5-11(19)18-8-10-6-13(18,7-10)12(17)20/h9-10H,1-8H2,(H2,17,20). The third kappa shape index (κ3) is 2.09. The molecule has 2 bridgehead atoms. The number of carbonyl (C=O) groups excluding carboxylic acids is 2. The van der Waals surface area contributed by atoms with Crippen molar-refractivity contribution in [3.8, 4) is 0 Å².